The minimum atomic E-state index is -1.39. The van der Waals surface area contributed by atoms with E-state index in [1.807, 2.05) is 0 Å². The summed E-state index contributed by atoms with van der Waals surface area (Å²) >= 11 is 0. The van der Waals surface area contributed by atoms with E-state index in [9.17, 15) is 27.9 Å². The second-order valence-corrected chi connectivity index (χ2v) is 6.77. The van der Waals surface area contributed by atoms with Gasteiger partial charge in [0.05, 0.1) is 18.7 Å². The molecule has 0 fully saturated rings. The Morgan fingerprint density at radius 2 is 1.73 bits per heavy atom. The first-order valence-electron chi connectivity index (χ1n) is 7.97. The molecule has 1 aromatic rings. The van der Waals surface area contributed by atoms with Gasteiger partial charge in [-0.3, -0.25) is 9.59 Å². The van der Waals surface area contributed by atoms with Crippen LogP contribution in [0.4, 0.5) is 13.2 Å². The van der Waals surface area contributed by atoms with Gasteiger partial charge in [-0.2, -0.15) is 0 Å². The average Bonchev–Trinajstić information content (AvgIpc) is 2.56. The molecule has 1 amide bonds. The molecule has 0 aliphatic carbocycles. The highest BCUT2D eigenvalue weighted by atomic mass is 19.2. The summed E-state index contributed by atoms with van der Waals surface area (Å²) in [6.07, 6.45) is -1.36. The molecule has 6 nitrogen and oxygen atoms in total. The maximum atomic E-state index is 13.5. The lowest BCUT2D eigenvalue weighted by Crippen LogP contribution is -2.46. The van der Waals surface area contributed by atoms with E-state index in [0.29, 0.717) is 6.07 Å². The molecule has 0 aliphatic heterocycles. The molecule has 26 heavy (non-hydrogen) atoms. The third kappa shape index (κ3) is 5.79. The van der Waals surface area contributed by atoms with E-state index in [0.717, 1.165) is 0 Å². The van der Waals surface area contributed by atoms with Crippen LogP contribution >= 0.6 is 0 Å². The molecule has 9 heteroatoms. The normalized spacial score (nSPS) is 14.0. The number of carbonyl (C=O) groups excluding carboxylic acids is 2. The highest BCUT2D eigenvalue weighted by Crippen LogP contribution is 2.20. The third-order valence-corrected chi connectivity index (χ3v) is 3.83. The van der Waals surface area contributed by atoms with Crippen LogP contribution in [-0.2, 0) is 4.79 Å². The fourth-order valence-corrected chi connectivity index (χ4v) is 2.08. The number of halogens is 3. The quantitative estimate of drug-likeness (QED) is 0.477. The lowest BCUT2D eigenvalue weighted by atomic mass is 9.85. The van der Waals surface area contributed by atoms with E-state index in [2.05, 4.69) is 10.6 Å². The molecule has 4 N–H and O–H groups in total. The first kappa shape index (κ1) is 22.1. The van der Waals surface area contributed by atoms with Gasteiger partial charge in [0.2, 0.25) is 0 Å². The number of carbonyl (C=O) groups is 2. The Balaban J connectivity index is 2.52. The zero-order valence-corrected chi connectivity index (χ0v) is 14.8. The predicted molar refractivity (Wildman–Crippen MR) is 88.0 cm³/mol. The Bertz CT molecular complexity index is 668. The van der Waals surface area contributed by atoms with E-state index >= 15 is 0 Å². The van der Waals surface area contributed by atoms with Crippen molar-refractivity contribution >= 4 is 11.7 Å². The van der Waals surface area contributed by atoms with Gasteiger partial charge in [-0.1, -0.05) is 13.8 Å². The summed E-state index contributed by atoms with van der Waals surface area (Å²) in [5.41, 5.74) is -1.62. The van der Waals surface area contributed by atoms with Gasteiger partial charge in [-0.15, -0.1) is 0 Å². The molecule has 2 unspecified atom stereocenters. The zero-order chi connectivity index (χ0) is 20.1. The summed E-state index contributed by atoms with van der Waals surface area (Å²) in [5, 5.41) is 24.1. The predicted octanol–water partition coefficient (Wildman–Crippen LogP) is 0.760. The van der Waals surface area contributed by atoms with Crippen molar-refractivity contribution in [2.45, 2.75) is 32.9 Å². The van der Waals surface area contributed by atoms with Gasteiger partial charge in [-0.25, -0.2) is 13.2 Å². The Kier molecular flexibility index (Phi) is 7.73. The molecule has 0 spiro atoms. The Labute approximate surface area is 149 Å². The summed E-state index contributed by atoms with van der Waals surface area (Å²) in [6, 6.07) is 0.193. The van der Waals surface area contributed by atoms with Gasteiger partial charge < -0.3 is 20.8 Å². The molecule has 0 bridgehead atoms. The molecule has 0 saturated carbocycles. The van der Waals surface area contributed by atoms with Crippen LogP contribution in [0.3, 0.4) is 0 Å². The van der Waals surface area contributed by atoms with Gasteiger partial charge in [-0.05, 0) is 13.0 Å². The van der Waals surface area contributed by atoms with E-state index in [4.69, 9.17) is 5.11 Å². The largest absolute Gasteiger partial charge is 0.396 e. The first-order chi connectivity index (χ1) is 12.0. The number of amides is 1. The first-order valence-corrected chi connectivity index (χ1v) is 7.97. The second-order valence-electron chi connectivity index (χ2n) is 6.77. The number of hydrogen-bond donors (Lipinski definition) is 4. The minimum absolute atomic E-state index is 0.106. The fraction of sp³-hybridized carbons (Fsp3) is 0.529. The van der Waals surface area contributed by atoms with Crippen molar-refractivity contribution in [3.8, 4) is 0 Å². The number of benzene rings is 1. The number of aliphatic hydroxyl groups excluding tert-OH is 2. The minimum Gasteiger partial charge on any atom is -0.396 e. The van der Waals surface area contributed by atoms with Crippen LogP contribution in [0.5, 0.6) is 0 Å². The SMILES string of the molecule is CC(CNCC(=O)C(O)C(C)(C)CO)NC(=O)c1cc(F)c(F)cc1F. The number of Topliss-reactive ketones (excluding diaryl/α,β-unsaturated/α-hetero) is 1. The number of hydrogen-bond acceptors (Lipinski definition) is 5. The van der Waals surface area contributed by atoms with Crippen molar-refractivity contribution in [2.24, 2.45) is 5.41 Å². The lowest BCUT2D eigenvalue weighted by molar-refractivity contribution is -0.133. The average molecular weight is 376 g/mol. The van der Waals surface area contributed by atoms with Crippen LogP contribution in [0, 0.1) is 22.9 Å². The van der Waals surface area contributed by atoms with Crippen LogP contribution in [0.25, 0.3) is 0 Å². The molecule has 1 aromatic carbocycles. The van der Waals surface area contributed by atoms with Gasteiger partial charge >= 0.3 is 0 Å². The Morgan fingerprint density at radius 3 is 2.31 bits per heavy atom. The zero-order valence-electron chi connectivity index (χ0n) is 14.8. The number of aliphatic hydroxyl groups is 2. The summed E-state index contributed by atoms with van der Waals surface area (Å²) in [4.78, 5) is 23.8. The highest BCUT2D eigenvalue weighted by Gasteiger charge is 2.32. The van der Waals surface area contributed by atoms with Crippen LogP contribution in [0.2, 0.25) is 0 Å². The molecule has 0 aliphatic rings. The topological polar surface area (TPSA) is 98.7 Å². The van der Waals surface area contributed by atoms with Gasteiger partial charge in [0.1, 0.15) is 11.9 Å². The van der Waals surface area contributed by atoms with Crippen LogP contribution in [-0.4, -0.2) is 53.7 Å². The monoisotopic (exact) mass is 376 g/mol. The third-order valence-electron chi connectivity index (χ3n) is 3.83. The Hall–Kier alpha value is -1.97. The Morgan fingerprint density at radius 1 is 1.15 bits per heavy atom. The summed E-state index contributed by atoms with van der Waals surface area (Å²) in [6.45, 7) is 4.16. The van der Waals surface area contributed by atoms with E-state index in [1.165, 1.54) is 13.8 Å². The number of nitrogens with one attached hydrogen (secondary N) is 2. The van der Waals surface area contributed by atoms with Crippen LogP contribution in [0.15, 0.2) is 12.1 Å². The fourth-order valence-electron chi connectivity index (χ4n) is 2.08. The van der Waals surface area contributed by atoms with Gasteiger partial charge in [0.15, 0.2) is 17.4 Å². The molecule has 0 heterocycles. The second kappa shape index (κ2) is 9.11. The molecule has 146 valence electrons. The number of rotatable bonds is 9. The van der Waals surface area contributed by atoms with Crippen molar-refractivity contribution in [1.29, 1.82) is 0 Å². The maximum Gasteiger partial charge on any atom is 0.254 e. The van der Waals surface area contributed by atoms with Crippen molar-refractivity contribution in [2.75, 3.05) is 19.7 Å². The summed E-state index contributed by atoms with van der Waals surface area (Å²) < 4.78 is 39.6. The van der Waals surface area contributed by atoms with Crippen molar-refractivity contribution < 1.29 is 33.0 Å². The molecule has 2 atom stereocenters. The molecule has 1 rings (SSSR count). The maximum absolute atomic E-state index is 13.5. The van der Waals surface area contributed by atoms with Gasteiger partial charge in [0, 0.05) is 24.1 Å². The van der Waals surface area contributed by atoms with E-state index < -0.39 is 52.3 Å². The molecular formula is C17H23F3N2O4. The smallest absolute Gasteiger partial charge is 0.254 e. The molecule has 0 aromatic heterocycles. The summed E-state index contributed by atoms with van der Waals surface area (Å²) in [7, 11) is 0. The molecule has 0 radical (unpaired) electrons. The lowest BCUT2D eigenvalue weighted by Gasteiger charge is -2.27. The summed E-state index contributed by atoms with van der Waals surface area (Å²) in [5.74, 6) is -5.38. The van der Waals surface area contributed by atoms with Crippen molar-refractivity contribution in [1.82, 2.24) is 10.6 Å². The van der Waals surface area contributed by atoms with Crippen LogP contribution < -0.4 is 10.6 Å². The number of ketones is 1. The van der Waals surface area contributed by atoms with Crippen LogP contribution in [0.1, 0.15) is 31.1 Å². The van der Waals surface area contributed by atoms with Crippen molar-refractivity contribution in [3.63, 3.8) is 0 Å². The van der Waals surface area contributed by atoms with E-state index in [1.54, 1.807) is 6.92 Å². The van der Waals surface area contributed by atoms with Gasteiger partial charge in [0.25, 0.3) is 5.91 Å². The molecule has 0 saturated heterocycles. The standard InChI is InChI=1S/C17H23F3N2O4/c1-9(6-21-7-14(24)15(25)17(2,3)8-23)22-16(26)10-4-12(19)13(20)5-11(10)18/h4-5,9,15,21,23,25H,6-8H2,1-3H3,(H,22,26). The van der Waals surface area contributed by atoms with E-state index in [-0.39, 0.29) is 25.8 Å². The molecular weight excluding hydrogens is 353 g/mol. The van der Waals surface area contributed by atoms with Crippen molar-refractivity contribution in [3.05, 3.63) is 35.1 Å². The highest BCUT2D eigenvalue weighted by molar-refractivity contribution is 5.94.